The third kappa shape index (κ3) is 3.31. The van der Waals surface area contributed by atoms with Crippen LogP contribution in [0, 0.1) is 17.0 Å². The molecule has 21 heavy (non-hydrogen) atoms. The Hall–Kier alpha value is -1.70. The van der Waals surface area contributed by atoms with E-state index in [4.69, 9.17) is 23.2 Å². The van der Waals surface area contributed by atoms with E-state index in [1.54, 1.807) is 0 Å². The van der Waals surface area contributed by atoms with Gasteiger partial charge in [0.25, 0.3) is 11.2 Å². The minimum absolute atomic E-state index is 0.196. The monoisotopic (exact) mass is 346 g/mol. The lowest BCUT2D eigenvalue weighted by atomic mass is 10.2. The first kappa shape index (κ1) is 15.7. The third-order valence-electron chi connectivity index (χ3n) is 2.77. The van der Waals surface area contributed by atoms with Crippen LogP contribution in [-0.2, 0) is 6.54 Å². The van der Waals surface area contributed by atoms with E-state index in [1.165, 1.54) is 13.0 Å². The predicted molar refractivity (Wildman–Crippen MR) is 80.8 cm³/mol. The quantitative estimate of drug-likeness (QED) is 0.483. The highest BCUT2D eigenvalue weighted by molar-refractivity contribution is 7.20. The molecule has 2 heterocycles. The van der Waals surface area contributed by atoms with Crippen LogP contribution in [0.25, 0.3) is 0 Å². The lowest BCUT2D eigenvalue weighted by Crippen LogP contribution is -2.24. The Morgan fingerprint density at radius 2 is 2.10 bits per heavy atom. The molecule has 2 rings (SSSR count). The summed E-state index contributed by atoms with van der Waals surface area (Å²) >= 11 is 12.7. The van der Waals surface area contributed by atoms with Crippen LogP contribution < -0.4 is 5.56 Å². The molecule has 2 aromatic heterocycles. The second-order valence-electron chi connectivity index (χ2n) is 4.23. The summed E-state index contributed by atoms with van der Waals surface area (Å²) in [6.45, 7) is 1.12. The Kier molecular flexibility index (Phi) is 4.46. The fraction of sp³-hybridized carbons (Fsp3) is 0.167. The van der Waals surface area contributed by atoms with Gasteiger partial charge >= 0.3 is 0 Å². The van der Waals surface area contributed by atoms with Gasteiger partial charge in [0, 0.05) is 11.6 Å². The Bertz CT molecular complexity index is 797. The van der Waals surface area contributed by atoms with Crippen LogP contribution in [0.1, 0.15) is 15.9 Å². The van der Waals surface area contributed by atoms with Gasteiger partial charge in [-0.05, 0) is 13.0 Å². The standard InChI is InChI=1S/C12H8Cl2N2O4S/c1-6-2-11(18)15(4-8(6)16(19)20)5-9(17)7-3-10(13)21-12(7)14/h2-4H,5H2,1H3. The second kappa shape index (κ2) is 5.97. The number of halogens is 2. The number of rotatable bonds is 4. The van der Waals surface area contributed by atoms with E-state index in [0.29, 0.717) is 4.34 Å². The van der Waals surface area contributed by atoms with E-state index in [1.807, 2.05) is 0 Å². The number of Topliss-reactive ketones (excluding diaryl/α,β-unsaturated/α-hetero) is 1. The van der Waals surface area contributed by atoms with Gasteiger partial charge in [-0.3, -0.25) is 19.7 Å². The van der Waals surface area contributed by atoms with Crippen LogP contribution >= 0.6 is 34.5 Å². The number of aromatic nitrogens is 1. The van der Waals surface area contributed by atoms with Gasteiger partial charge in [-0.2, -0.15) is 0 Å². The molecule has 9 heteroatoms. The molecule has 0 unspecified atom stereocenters. The molecule has 0 spiro atoms. The normalized spacial score (nSPS) is 10.6. The van der Waals surface area contributed by atoms with E-state index in [0.717, 1.165) is 28.2 Å². The number of ketones is 1. The van der Waals surface area contributed by atoms with Crippen molar-refractivity contribution < 1.29 is 9.72 Å². The maximum absolute atomic E-state index is 12.1. The number of nitrogens with zero attached hydrogens (tertiary/aromatic N) is 2. The number of thiophene rings is 1. The van der Waals surface area contributed by atoms with Crippen LogP contribution in [0.3, 0.4) is 0 Å². The van der Waals surface area contributed by atoms with Crippen molar-refractivity contribution in [1.82, 2.24) is 4.57 Å². The molecule has 0 aliphatic heterocycles. The maximum atomic E-state index is 12.1. The van der Waals surface area contributed by atoms with Gasteiger partial charge < -0.3 is 4.57 Å². The Balaban J connectivity index is 2.38. The zero-order valence-electron chi connectivity index (χ0n) is 10.6. The van der Waals surface area contributed by atoms with Gasteiger partial charge in [0.2, 0.25) is 0 Å². The summed E-state index contributed by atoms with van der Waals surface area (Å²) in [5.41, 5.74) is -0.284. The number of hydrogen-bond donors (Lipinski definition) is 0. The van der Waals surface area contributed by atoms with Gasteiger partial charge in [0.05, 0.1) is 27.6 Å². The van der Waals surface area contributed by atoms with Crippen molar-refractivity contribution in [2.24, 2.45) is 0 Å². The largest absolute Gasteiger partial charge is 0.301 e. The van der Waals surface area contributed by atoms with Crippen LogP contribution in [-0.4, -0.2) is 15.3 Å². The molecule has 110 valence electrons. The fourth-order valence-corrected chi connectivity index (χ4v) is 3.24. The van der Waals surface area contributed by atoms with E-state index < -0.39 is 16.3 Å². The number of hydrogen-bond acceptors (Lipinski definition) is 5. The first-order valence-electron chi connectivity index (χ1n) is 5.63. The minimum Gasteiger partial charge on any atom is -0.301 e. The summed E-state index contributed by atoms with van der Waals surface area (Å²) in [7, 11) is 0. The van der Waals surface area contributed by atoms with Crippen LogP contribution in [0.15, 0.2) is 23.1 Å². The van der Waals surface area contributed by atoms with E-state index in [9.17, 15) is 19.7 Å². The summed E-state index contributed by atoms with van der Waals surface area (Å²) in [6, 6.07) is 2.53. The molecule has 0 bridgehead atoms. The van der Waals surface area contributed by atoms with Gasteiger partial charge in [-0.15, -0.1) is 11.3 Å². The predicted octanol–water partition coefficient (Wildman–Crippen LogP) is 3.32. The summed E-state index contributed by atoms with van der Waals surface area (Å²) in [6.07, 6.45) is 1.05. The number of carbonyl (C=O) groups excluding carboxylic acids is 1. The number of aryl methyl sites for hydroxylation is 1. The van der Waals surface area contributed by atoms with Crippen molar-refractivity contribution >= 4 is 46.0 Å². The molecule has 0 saturated heterocycles. The smallest absolute Gasteiger partial charge is 0.288 e. The summed E-state index contributed by atoms with van der Waals surface area (Å²) in [5, 5.41) is 10.9. The van der Waals surface area contributed by atoms with E-state index >= 15 is 0 Å². The average Bonchev–Trinajstić information content (AvgIpc) is 2.71. The molecule has 0 fully saturated rings. The molecular weight excluding hydrogens is 339 g/mol. The van der Waals surface area contributed by atoms with E-state index in [-0.39, 0.29) is 27.7 Å². The van der Waals surface area contributed by atoms with E-state index in [2.05, 4.69) is 0 Å². The van der Waals surface area contributed by atoms with Crippen molar-refractivity contribution in [3.63, 3.8) is 0 Å². The average molecular weight is 347 g/mol. The molecule has 0 aliphatic carbocycles. The number of nitro groups is 1. The highest BCUT2D eigenvalue weighted by Crippen LogP contribution is 2.31. The molecule has 0 aliphatic rings. The van der Waals surface area contributed by atoms with Crippen molar-refractivity contribution in [3.05, 3.63) is 58.6 Å². The Labute approximate surface area is 132 Å². The summed E-state index contributed by atoms with van der Waals surface area (Å²) in [4.78, 5) is 34.2. The lowest BCUT2D eigenvalue weighted by Gasteiger charge is -2.05. The van der Waals surface area contributed by atoms with Gasteiger partial charge in [0.15, 0.2) is 5.78 Å². The van der Waals surface area contributed by atoms with Crippen LogP contribution in [0.5, 0.6) is 0 Å². The minimum atomic E-state index is -0.607. The molecule has 0 atom stereocenters. The zero-order valence-corrected chi connectivity index (χ0v) is 13.0. The third-order valence-corrected chi connectivity index (χ3v) is 4.26. The highest BCUT2D eigenvalue weighted by atomic mass is 35.5. The van der Waals surface area contributed by atoms with Gasteiger partial charge in [0.1, 0.15) is 4.34 Å². The van der Waals surface area contributed by atoms with Gasteiger partial charge in [-0.25, -0.2) is 0 Å². The fourth-order valence-electron chi connectivity index (χ4n) is 1.74. The lowest BCUT2D eigenvalue weighted by molar-refractivity contribution is -0.385. The molecule has 0 amide bonds. The first-order chi connectivity index (χ1) is 9.79. The zero-order chi connectivity index (χ0) is 15.7. The molecular formula is C12H8Cl2N2O4S. The molecule has 6 nitrogen and oxygen atoms in total. The summed E-state index contributed by atoms with van der Waals surface area (Å²) in [5.74, 6) is -0.441. The van der Waals surface area contributed by atoms with Crippen LogP contribution in [0.2, 0.25) is 8.67 Å². The first-order valence-corrected chi connectivity index (χ1v) is 7.20. The highest BCUT2D eigenvalue weighted by Gasteiger charge is 2.18. The van der Waals surface area contributed by atoms with Crippen molar-refractivity contribution in [2.75, 3.05) is 0 Å². The second-order valence-corrected chi connectivity index (χ2v) is 6.51. The maximum Gasteiger partial charge on any atom is 0.288 e. The SMILES string of the molecule is Cc1cc(=O)n(CC(=O)c2cc(Cl)sc2Cl)cc1[N+](=O)[O-]. The number of pyridine rings is 1. The van der Waals surface area contributed by atoms with Crippen molar-refractivity contribution in [1.29, 1.82) is 0 Å². The van der Waals surface area contributed by atoms with Crippen molar-refractivity contribution in [3.8, 4) is 0 Å². The number of carbonyl (C=O) groups is 1. The van der Waals surface area contributed by atoms with Gasteiger partial charge in [-0.1, -0.05) is 23.2 Å². The Morgan fingerprint density at radius 1 is 1.43 bits per heavy atom. The topological polar surface area (TPSA) is 82.2 Å². The van der Waals surface area contributed by atoms with Crippen molar-refractivity contribution in [2.45, 2.75) is 13.5 Å². The summed E-state index contributed by atoms with van der Waals surface area (Å²) < 4.78 is 1.56. The molecule has 0 saturated carbocycles. The Morgan fingerprint density at radius 3 is 2.62 bits per heavy atom. The molecule has 0 radical (unpaired) electrons. The van der Waals surface area contributed by atoms with Crippen LogP contribution in [0.4, 0.5) is 5.69 Å². The molecule has 2 aromatic rings. The molecule has 0 aromatic carbocycles. The molecule has 0 N–H and O–H groups in total.